The first-order valence-electron chi connectivity index (χ1n) is 12.3. The number of pyridine rings is 1. The Morgan fingerprint density at radius 2 is 1.69 bits per heavy atom. The van der Waals surface area contributed by atoms with Crippen LogP contribution in [-0.4, -0.2) is 67.6 Å². The second kappa shape index (κ2) is 10.2. The van der Waals surface area contributed by atoms with E-state index in [1.165, 1.54) is 17.2 Å². The maximum absolute atomic E-state index is 13.0. The van der Waals surface area contributed by atoms with Gasteiger partial charge in [0.1, 0.15) is 11.2 Å². The molecule has 1 aliphatic carbocycles. The lowest BCUT2D eigenvalue weighted by molar-refractivity contribution is 0.122. The molecule has 1 saturated heterocycles. The van der Waals surface area contributed by atoms with E-state index < -0.39 is 10.0 Å². The molecule has 10 nitrogen and oxygen atoms in total. The molecular weight excluding hydrogens is 480 g/mol. The Bertz CT molecular complexity index is 1390. The monoisotopic (exact) mass is 512 g/mol. The minimum absolute atomic E-state index is 0.0615. The van der Waals surface area contributed by atoms with Crippen LogP contribution in [0.15, 0.2) is 41.5 Å². The van der Waals surface area contributed by atoms with E-state index in [4.69, 9.17) is 9.72 Å². The summed E-state index contributed by atoms with van der Waals surface area (Å²) in [5, 5.41) is 3.95. The number of anilines is 2. The first-order valence-corrected chi connectivity index (χ1v) is 14.2. The molecule has 0 unspecified atom stereocenters. The summed E-state index contributed by atoms with van der Waals surface area (Å²) in [5.74, 6) is 0.521. The molecule has 0 radical (unpaired) electrons. The third kappa shape index (κ3) is 5.53. The lowest BCUT2D eigenvalue weighted by Crippen LogP contribution is -2.39. The minimum atomic E-state index is -3.23. The predicted molar refractivity (Wildman–Crippen MR) is 141 cm³/mol. The highest BCUT2D eigenvalue weighted by Gasteiger charge is 2.25. The summed E-state index contributed by atoms with van der Waals surface area (Å²) in [4.78, 5) is 24.7. The summed E-state index contributed by atoms with van der Waals surface area (Å²) in [5.41, 5.74) is 3.27. The zero-order valence-corrected chi connectivity index (χ0v) is 21.4. The van der Waals surface area contributed by atoms with Crippen LogP contribution in [-0.2, 0) is 21.8 Å². The van der Waals surface area contributed by atoms with Crippen molar-refractivity contribution in [1.82, 2.24) is 19.3 Å². The van der Waals surface area contributed by atoms with Gasteiger partial charge in [-0.15, -0.1) is 0 Å². The highest BCUT2D eigenvalue weighted by atomic mass is 32.2. The van der Waals surface area contributed by atoms with Crippen molar-refractivity contribution in [1.29, 1.82) is 0 Å². The number of aryl methyl sites for hydroxylation is 1. The molecule has 1 aromatic carbocycles. The first kappa shape index (κ1) is 24.7. The Morgan fingerprint density at radius 1 is 1.03 bits per heavy atom. The van der Waals surface area contributed by atoms with Crippen molar-refractivity contribution >= 4 is 32.4 Å². The van der Waals surface area contributed by atoms with E-state index in [1.54, 1.807) is 7.05 Å². The Labute approximate surface area is 210 Å². The van der Waals surface area contributed by atoms with Crippen LogP contribution in [0.4, 0.5) is 11.5 Å². The van der Waals surface area contributed by atoms with Crippen LogP contribution >= 0.6 is 0 Å². The molecule has 3 heterocycles. The largest absolute Gasteiger partial charge is 0.378 e. The van der Waals surface area contributed by atoms with E-state index in [2.05, 4.69) is 32.1 Å². The van der Waals surface area contributed by atoms with Gasteiger partial charge < -0.3 is 19.5 Å². The molecule has 11 heteroatoms. The van der Waals surface area contributed by atoms with Crippen LogP contribution in [0.3, 0.4) is 0 Å². The second-order valence-electron chi connectivity index (χ2n) is 9.64. The molecule has 2 aliphatic rings. The lowest BCUT2D eigenvalue weighted by Gasteiger charge is -2.30. The van der Waals surface area contributed by atoms with Gasteiger partial charge in [0, 0.05) is 43.5 Å². The van der Waals surface area contributed by atoms with Gasteiger partial charge in [0.25, 0.3) is 5.56 Å². The van der Waals surface area contributed by atoms with Crippen LogP contribution in [0.25, 0.3) is 22.2 Å². The van der Waals surface area contributed by atoms with Crippen LogP contribution in [0.2, 0.25) is 0 Å². The van der Waals surface area contributed by atoms with Crippen LogP contribution in [0, 0.1) is 0 Å². The number of sulfonamides is 1. The fourth-order valence-corrected chi connectivity index (χ4v) is 5.83. The number of fused-ring (bicyclic) bond motifs is 1. The molecule has 0 bridgehead atoms. The molecule has 5 rings (SSSR count). The van der Waals surface area contributed by atoms with Gasteiger partial charge in [-0.3, -0.25) is 4.79 Å². The Hall–Kier alpha value is -3.02. The van der Waals surface area contributed by atoms with Crippen molar-refractivity contribution in [2.24, 2.45) is 7.05 Å². The van der Waals surface area contributed by atoms with Crippen molar-refractivity contribution in [2.75, 3.05) is 42.8 Å². The molecule has 1 saturated carbocycles. The van der Waals surface area contributed by atoms with Crippen molar-refractivity contribution in [2.45, 2.75) is 37.8 Å². The molecule has 0 atom stereocenters. The number of nitrogens with zero attached hydrogens (tertiary/aromatic N) is 4. The molecule has 192 valence electrons. The van der Waals surface area contributed by atoms with Gasteiger partial charge in [-0.05, 0) is 43.9 Å². The van der Waals surface area contributed by atoms with E-state index >= 15 is 0 Å². The Balaban J connectivity index is 1.42. The summed E-state index contributed by atoms with van der Waals surface area (Å²) in [6.45, 7) is 3.21. The summed E-state index contributed by atoms with van der Waals surface area (Å²) >= 11 is 0. The van der Waals surface area contributed by atoms with Gasteiger partial charge in [0.2, 0.25) is 10.0 Å². The number of rotatable bonds is 6. The summed E-state index contributed by atoms with van der Waals surface area (Å²) in [7, 11) is -1.55. The van der Waals surface area contributed by atoms with Crippen molar-refractivity contribution < 1.29 is 13.2 Å². The Kier molecular flexibility index (Phi) is 6.96. The smallest absolute Gasteiger partial charge is 0.264 e. The third-order valence-electron chi connectivity index (χ3n) is 6.89. The topological polar surface area (TPSA) is 118 Å². The van der Waals surface area contributed by atoms with E-state index in [9.17, 15) is 13.2 Å². The van der Waals surface area contributed by atoms with Crippen LogP contribution in [0.1, 0.15) is 25.7 Å². The Morgan fingerprint density at radius 3 is 2.36 bits per heavy atom. The van der Waals surface area contributed by atoms with Gasteiger partial charge in [0.05, 0.1) is 37.0 Å². The van der Waals surface area contributed by atoms with Crippen LogP contribution < -0.4 is 20.5 Å². The van der Waals surface area contributed by atoms with Gasteiger partial charge >= 0.3 is 0 Å². The number of benzene rings is 1. The quantitative estimate of drug-likeness (QED) is 0.516. The molecule has 3 aromatic rings. The number of nitrogens with one attached hydrogen (secondary N) is 2. The van der Waals surface area contributed by atoms with Crippen molar-refractivity contribution in [3.05, 3.63) is 47.0 Å². The van der Waals surface area contributed by atoms with Crippen molar-refractivity contribution in [3.63, 3.8) is 0 Å². The molecule has 0 amide bonds. The third-order valence-corrected chi connectivity index (χ3v) is 7.65. The van der Waals surface area contributed by atoms with Crippen LogP contribution in [0.5, 0.6) is 0 Å². The molecule has 2 N–H and O–H groups in total. The lowest BCUT2D eigenvalue weighted by atomic mass is 9.92. The number of hydrogen-bond donors (Lipinski definition) is 2. The molecular formula is C25H32N6O4S. The van der Waals surface area contributed by atoms with Gasteiger partial charge in [0.15, 0.2) is 0 Å². The normalized spacial score (nSPS) is 21.0. The number of aromatic nitrogens is 3. The second-order valence-corrected chi connectivity index (χ2v) is 11.4. The fraction of sp³-hybridized carbons (Fsp3) is 0.480. The summed E-state index contributed by atoms with van der Waals surface area (Å²) < 4.78 is 32.8. The fourth-order valence-electron chi connectivity index (χ4n) is 4.99. The van der Waals surface area contributed by atoms with Gasteiger partial charge in [-0.2, -0.15) is 0 Å². The maximum Gasteiger partial charge on any atom is 0.264 e. The van der Waals surface area contributed by atoms with E-state index in [0.29, 0.717) is 16.7 Å². The van der Waals surface area contributed by atoms with E-state index in [1.807, 2.05) is 18.2 Å². The summed E-state index contributed by atoms with van der Waals surface area (Å²) in [6, 6.07) is 10.2. The van der Waals surface area contributed by atoms with E-state index in [0.717, 1.165) is 68.9 Å². The highest BCUT2D eigenvalue weighted by Crippen LogP contribution is 2.29. The zero-order chi connectivity index (χ0) is 25.3. The van der Waals surface area contributed by atoms with E-state index in [-0.39, 0.29) is 17.6 Å². The molecule has 2 aromatic heterocycles. The standard InChI is InChI=1S/C25H32N6O4S/c1-30-16-26-22-15-21(17-3-9-20(10-4-17)31-11-13-35-14-12-31)28-24(23(22)25(30)32)27-18-5-7-19(8-6-18)29-36(2,33)34/h3-4,9-10,15-16,18-19,29H,5-8,11-14H2,1-2H3,(H,27,28)/t18-,19+. The highest BCUT2D eigenvalue weighted by molar-refractivity contribution is 7.88. The average molecular weight is 513 g/mol. The minimum Gasteiger partial charge on any atom is -0.378 e. The van der Waals surface area contributed by atoms with Gasteiger partial charge in [-0.25, -0.2) is 23.1 Å². The molecule has 2 fully saturated rings. The molecule has 1 aliphatic heterocycles. The summed E-state index contributed by atoms with van der Waals surface area (Å²) in [6.07, 6.45) is 5.71. The first-order chi connectivity index (χ1) is 17.3. The SMILES string of the molecule is Cn1cnc2cc(-c3ccc(N4CCOCC4)cc3)nc(N[C@H]3CC[C@@H](NS(C)(=O)=O)CC3)c2c1=O. The molecule has 36 heavy (non-hydrogen) atoms. The average Bonchev–Trinajstić information content (AvgIpc) is 2.87. The number of morpholine rings is 1. The number of hydrogen-bond acceptors (Lipinski definition) is 8. The van der Waals surface area contributed by atoms with Crippen molar-refractivity contribution in [3.8, 4) is 11.3 Å². The zero-order valence-electron chi connectivity index (χ0n) is 20.6. The predicted octanol–water partition coefficient (Wildman–Crippen LogP) is 2.10. The van der Waals surface area contributed by atoms with Gasteiger partial charge in [-0.1, -0.05) is 12.1 Å². The maximum atomic E-state index is 13.0. The molecule has 0 spiro atoms. The number of ether oxygens (including phenoxy) is 1.